The lowest BCUT2D eigenvalue weighted by Gasteiger charge is -2.33. The van der Waals surface area contributed by atoms with E-state index >= 15 is 0 Å². The normalized spacial score (nSPS) is 20.2. The highest BCUT2D eigenvalue weighted by atomic mass is 32.2. The number of piperidine rings is 1. The molecule has 0 bridgehead atoms. The minimum absolute atomic E-state index is 0.218. The van der Waals surface area contributed by atoms with Crippen molar-refractivity contribution in [2.45, 2.75) is 43.7 Å². The highest BCUT2D eigenvalue weighted by molar-refractivity contribution is 7.89. The molecule has 1 N–H and O–H groups in total. The molecule has 124 valence electrons. The standard InChI is InChI=1S/C17H23N3O2S/c1-13(2)19-15-6-4-10-20(12-15)23(21,22)17-7-3-5-14-11-18-9-8-16(14)17/h3,5,7-9,11,13,15,19H,4,6,10,12H2,1-2H3. The molecule has 2 aromatic rings. The smallest absolute Gasteiger partial charge is 0.243 e. The van der Waals surface area contributed by atoms with Gasteiger partial charge in [-0.15, -0.1) is 0 Å². The van der Waals surface area contributed by atoms with E-state index in [0.717, 1.165) is 23.6 Å². The van der Waals surface area contributed by atoms with Crippen LogP contribution < -0.4 is 5.32 Å². The number of hydrogen-bond donors (Lipinski definition) is 1. The molecule has 23 heavy (non-hydrogen) atoms. The molecular formula is C17H23N3O2S. The minimum atomic E-state index is -3.49. The number of sulfonamides is 1. The van der Waals surface area contributed by atoms with E-state index in [0.29, 0.717) is 24.0 Å². The van der Waals surface area contributed by atoms with Gasteiger partial charge in [-0.25, -0.2) is 8.42 Å². The summed E-state index contributed by atoms with van der Waals surface area (Å²) in [6.07, 6.45) is 5.24. The average molecular weight is 333 g/mol. The van der Waals surface area contributed by atoms with Crippen LogP contribution in [0.1, 0.15) is 26.7 Å². The molecule has 6 heteroatoms. The Morgan fingerprint density at radius 1 is 1.30 bits per heavy atom. The first-order valence-corrected chi connectivity index (χ1v) is 9.51. The van der Waals surface area contributed by atoms with Crippen LogP contribution in [-0.2, 0) is 10.0 Å². The second-order valence-electron chi connectivity index (χ2n) is 6.38. The largest absolute Gasteiger partial charge is 0.310 e. The van der Waals surface area contributed by atoms with E-state index in [1.54, 1.807) is 34.9 Å². The van der Waals surface area contributed by atoms with Gasteiger partial charge in [-0.1, -0.05) is 26.0 Å². The van der Waals surface area contributed by atoms with Gasteiger partial charge in [-0.05, 0) is 25.0 Å². The lowest BCUT2D eigenvalue weighted by molar-refractivity contribution is 0.273. The van der Waals surface area contributed by atoms with Crippen LogP contribution in [0.25, 0.3) is 10.8 Å². The van der Waals surface area contributed by atoms with Gasteiger partial charge in [0.05, 0.1) is 4.90 Å². The maximum atomic E-state index is 13.1. The number of aromatic nitrogens is 1. The SMILES string of the molecule is CC(C)NC1CCCN(S(=O)(=O)c2cccc3cnccc23)C1. The molecule has 3 rings (SSSR count). The number of nitrogens with zero attached hydrogens (tertiary/aromatic N) is 2. The Hall–Kier alpha value is -1.50. The molecule has 0 amide bonds. The number of fused-ring (bicyclic) bond motifs is 1. The Kier molecular flexibility index (Phi) is 4.66. The van der Waals surface area contributed by atoms with E-state index in [1.165, 1.54) is 0 Å². The zero-order valence-electron chi connectivity index (χ0n) is 13.6. The monoisotopic (exact) mass is 333 g/mol. The van der Waals surface area contributed by atoms with Gasteiger partial charge in [0.25, 0.3) is 0 Å². The van der Waals surface area contributed by atoms with Gasteiger partial charge in [0.2, 0.25) is 10.0 Å². The van der Waals surface area contributed by atoms with Crippen LogP contribution in [-0.4, -0.2) is 42.9 Å². The first-order chi connectivity index (χ1) is 11.0. The Morgan fingerprint density at radius 2 is 2.13 bits per heavy atom. The molecule has 1 fully saturated rings. The number of benzene rings is 1. The maximum absolute atomic E-state index is 13.1. The van der Waals surface area contributed by atoms with Crippen molar-refractivity contribution in [3.63, 3.8) is 0 Å². The van der Waals surface area contributed by atoms with Crippen LogP contribution in [0, 0.1) is 0 Å². The summed E-state index contributed by atoms with van der Waals surface area (Å²) in [5, 5.41) is 5.04. The second-order valence-corrected chi connectivity index (χ2v) is 8.28. The van der Waals surface area contributed by atoms with Crippen LogP contribution >= 0.6 is 0 Å². The molecule has 0 saturated carbocycles. The summed E-state index contributed by atoms with van der Waals surface area (Å²) in [5.41, 5.74) is 0. The van der Waals surface area contributed by atoms with E-state index in [2.05, 4.69) is 24.1 Å². The second kappa shape index (κ2) is 6.55. The third kappa shape index (κ3) is 3.39. The molecule has 1 unspecified atom stereocenters. The van der Waals surface area contributed by atoms with Gasteiger partial charge in [0.1, 0.15) is 0 Å². The Bertz CT molecular complexity index is 784. The van der Waals surface area contributed by atoms with Crippen molar-refractivity contribution in [1.29, 1.82) is 0 Å². The highest BCUT2D eigenvalue weighted by Gasteiger charge is 2.31. The molecule has 0 radical (unpaired) electrons. The molecular weight excluding hydrogens is 310 g/mol. The van der Waals surface area contributed by atoms with E-state index in [-0.39, 0.29) is 6.04 Å². The molecule has 0 spiro atoms. The summed E-state index contributed by atoms with van der Waals surface area (Å²) >= 11 is 0. The molecule has 1 aromatic carbocycles. The van der Waals surface area contributed by atoms with Gasteiger partial charge in [0, 0.05) is 48.3 Å². The van der Waals surface area contributed by atoms with Gasteiger partial charge >= 0.3 is 0 Å². The van der Waals surface area contributed by atoms with Crippen molar-refractivity contribution in [1.82, 2.24) is 14.6 Å². The predicted octanol–water partition coefficient (Wildman–Crippen LogP) is 2.39. The van der Waals surface area contributed by atoms with Gasteiger partial charge < -0.3 is 5.32 Å². The Labute approximate surface area is 137 Å². The third-order valence-corrected chi connectivity index (χ3v) is 6.14. The number of nitrogens with one attached hydrogen (secondary N) is 1. The fraction of sp³-hybridized carbons (Fsp3) is 0.471. The molecule has 5 nitrogen and oxygen atoms in total. The number of rotatable bonds is 4. The van der Waals surface area contributed by atoms with Crippen LogP contribution in [0.15, 0.2) is 41.6 Å². The molecule has 1 atom stereocenters. The molecule has 2 heterocycles. The molecule has 1 aromatic heterocycles. The van der Waals surface area contributed by atoms with E-state index in [1.807, 2.05) is 6.07 Å². The van der Waals surface area contributed by atoms with E-state index in [4.69, 9.17) is 0 Å². The summed E-state index contributed by atoms with van der Waals surface area (Å²) in [7, 11) is -3.49. The quantitative estimate of drug-likeness (QED) is 0.933. The zero-order valence-corrected chi connectivity index (χ0v) is 14.4. The van der Waals surface area contributed by atoms with Gasteiger partial charge in [0.15, 0.2) is 0 Å². The molecule has 0 aliphatic carbocycles. The summed E-state index contributed by atoms with van der Waals surface area (Å²) in [6, 6.07) is 7.71. The lowest BCUT2D eigenvalue weighted by atomic mass is 10.1. The molecule has 1 aliphatic rings. The number of pyridine rings is 1. The molecule has 1 saturated heterocycles. The van der Waals surface area contributed by atoms with Crippen molar-refractivity contribution < 1.29 is 8.42 Å². The first-order valence-electron chi connectivity index (χ1n) is 8.07. The summed E-state index contributed by atoms with van der Waals surface area (Å²) < 4.78 is 27.8. The van der Waals surface area contributed by atoms with Crippen molar-refractivity contribution in [3.05, 3.63) is 36.7 Å². The summed E-state index contributed by atoms with van der Waals surface area (Å²) in [6.45, 7) is 5.29. The van der Waals surface area contributed by atoms with E-state index in [9.17, 15) is 8.42 Å². The first kappa shape index (κ1) is 16.4. The van der Waals surface area contributed by atoms with Gasteiger partial charge in [-0.2, -0.15) is 4.31 Å². The summed E-state index contributed by atoms with van der Waals surface area (Å²) in [5.74, 6) is 0. The Balaban J connectivity index is 1.94. The van der Waals surface area contributed by atoms with E-state index < -0.39 is 10.0 Å². The molecule has 1 aliphatic heterocycles. The summed E-state index contributed by atoms with van der Waals surface area (Å²) in [4.78, 5) is 4.45. The maximum Gasteiger partial charge on any atom is 0.243 e. The topological polar surface area (TPSA) is 62.3 Å². The average Bonchev–Trinajstić information content (AvgIpc) is 2.54. The zero-order chi connectivity index (χ0) is 16.4. The van der Waals surface area contributed by atoms with Crippen molar-refractivity contribution in [2.24, 2.45) is 0 Å². The third-order valence-electron chi connectivity index (χ3n) is 4.21. The van der Waals surface area contributed by atoms with Crippen LogP contribution in [0.4, 0.5) is 0 Å². The fourth-order valence-corrected chi connectivity index (χ4v) is 4.96. The highest BCUT2D eigenvalue weighted by Crippen LogP contribution is 2.27. The lowest BCUT2D eigenvalue weighted by Crippen LogP contribution is -2.49. The minimum Gasteiger partial charge on any atom is -0.310 e. The van der Waals surface area contributed by atoms with Crippen LogP contribution in [0.3, 0.4) is 0 Å². The van der Waals surface area contributed by atoms with Crippen molar-refractivity contribution in [2.75, 3.05) is 13.1 Å². The van der Waals surface area contributed by atoms with Crippen LogP contribution in [0.2, 0.25) is 0 Å². The fourth-order valence-electron chi connectivity index (χ4n) is 3.23. The number of hydrogen-bond acceptors (Lipinski definition) is 4. The van der Waals surface area contributed by atoms with Crippen molar-refractivity contribution in [3.8, 4) is 0 Å². The Morgan fingerprint density at radius 3 is 2.91 bits per heavy atom. The van der Waals surface area contributed by atoms with Crippen LogP contribution in [0.5, 0.6) is 0 Å². The van der Waals surface area contributed by atoms with Crippen molar-refractivity contribution >= 4 is 20.8 Å². The predicted molar refractivity (Wildman–Crippen MR) is 91.8 cm³/mol. The van der Waals surface area contributed by atoms with Gasteiger partial charge in [-0.3, -0.25) is 4.98 Å².